The van der Waals surface area contributed by atoms with Crippen molar-refractivity contribution >= 4 is 39.6 Å². The molecule has 0 radical (unpaired) electrons. The minimum atomic E-state index is -1.29. The summed E-state index contributed by atoms with van der Waals surface area (Å²) < 4.78 is 30.2. The Hall–Kier alpha value is -1.16. The summed E-state index contributed by atoms with van der Waals surface area (Å²) in [5.74, 6) is -1.58. The topological polar surface area (TPSA) is 82.1 Å². The molecule has 1 aliphatic rings. The number of rotatable bonds is 5. The van der Waals surface area contributed by atoms with E-state index in [1.165, 1.54) is 37.7 Å². The van der Waals surface area contributed by atoms with Gasteiger partial charge in [-0.3, -0.25) is 9.59 Å². The van der Waals surface area contributed by atoms with Crippen LogP contribution >= 0.6 is 27.7 Å². The van der Waals surface area contributed by atoms with Gasteiger partial charge < -0.3 is 19.3 Å². The Balaban J connectivity index is 2.42. The van der Waals surface area contributed by atoms with Crippen LogP contribution in [-0.4, -0.2) is 47.0 Å². The Bertz CT molecular complexity index is 673. The molecule has 0 saturated carbocycles. The number of benzene rings is 1. The number of esters is 2. The first-order valence-corrected chi connectivity index (χ1v) is 10.2. The van der Waals surface area contributed by atoms with E-state index in [2.05, 4.69) is 15.9 Å². The summed E-state index contributed by atoms with van der Waals surface area (Å²) in [7, 11) is 0. The van der Waals surface area contributed by atoms with E-state index < -0.39 is 41.8 Å². The number of aliphatic hydroxyl groups is 1. The second-order valence-corrected chi connectivity index (χ2v) is 7.28. The number of halogens is 2. The van der Waals surface area contributed by atoms with Crippen molar-refractivity contribution in [3.05, 3.63) is 35.1 Å². The number of carbonyl (C=O) groups is 2. The summed E-state index contributed by atoms with van der Waals surface area (Å²) >= 11 is 4.47. The van der Waals surface area contributed by atoms with Gasteiger partial charge >= 0.3 is 11.9 Å². The van der Waals surface area contributed by atoms with Gasteiger partial charge in [-0.05, 0) is 29.5 Å². The minimum absolute atomic E-state index is 0.294. The summed E-state index contributed by atoms with van der Waals surface area (Å²) in [5, 5.41) is 11.0. The quantitative estimate of drug-likeness (QED) is 0.545. The molecule has 9 heteroatoms. The van der Waals surface area contributed by atoms with Crippen molar-refractivity contribution < 1.29 is 33.3 Å². The molecule has 0 aliphatic carbocycles. The second kappa shape index (κ2) is 9.16. The lowest BCUT2D eigenvalue weighted by atomic mass is 9.93. The molecule has 144 valence electrons. The molecule has 6 nitrogen and oxygen atoms in total. The molecule has 0 bridgehead atoms. The van der Waals surface area contributed by atoms with E-state index in [0.717, 1.165) is 0 Å². The highest BCUT2D eigenvalue weighted by Gasteiger charge is 2.49. The van der Waals surface area contributed by atoms with Gasteiger partial charge in [-0.15, -0.1) is 11.8 Å². The normalized spacial score (nSPS) is 28.5. The molecule has 0 unspecified atom stereocenters. The molecule has 1 N–H and O–H groups in total. The fourth-order valence-electron chi connectivity index (χ4n) is 2.80. The largest absolute Gasteiger partial charge is 0.456 e. The van der Waals surface area contributed by atoms with Crippen LogP contribution in [0.5, 0.6) is 0 Å². The predicted molar refractivity (Wildman–Crippen MR) is 97.3 cm³/mol. The molecule has 0 aromatic heterocycles. The van der Waals surface area contributed by atoms with Crippen molar-refractivity contribution in [1.29, 1.82) is 0 Å². The van der Waals surface area contributed by atoms with E-state index in [1.54, 1.807) is 12.3 Å². The highest BCUT2D eigenvalue weighted by atomic mass is 79.9. The number of hydrogen-bond donors (Lipinski definition) is 1. The number of alkyl halides is 1. The molecule has 26 heavy (non-hydrogen) atoms. The molecule has 0 amide bonds. The van der Waals surface area contributed by atoms with Crippen LogP contribution in [0.4, 0.5) is 4.39 Å². The molecule has 1 fully saturated rings. The fraction of sp³-hybridized carbons (Fsp3) is 0.529. The average molecular weight is 451 g/mol. The van der Waals surface area contributed by atoms with Gasteiger partial charge in [0.05, 0.1) is 0 Å². The van der Waals surface area contributed by atoms with Crippen molar-refractivity contribution in [2.24, 2.45) is 0 Å². The summed E-state index contributed by atoms with van der Waals surface area (Å²) in [4.78, 5) is 22.9. The predicted octanol–water partition coefficient (Wildman–Crippen LogP) is 2.71. The first-order valence-electron chi connectivity index (χ1n) is 7.83. The summed E-state index contributed by atoms with van der Waals surface area (Å²) in [6, 6.07) is 4.39. The van der Waals surface area contributed by atoms with E-state index in [9.17, 15) is 19.1 Å². The van der Waals surface area contributed by atoms with Crippen molar-refractivity contribution in [3.8, 4) is 0 Å². The number of hydrogen-bond acceptors (Lipinski definition) is 7. The van der Waals surface area contributed by atoms with Crippen molar-refractivity contribution in [3.63, 3.8) is 0 Å². The van der Waals surface area contributed by atoms with Gasteiger partial charge in [0.25, 0.3) is 0 Å². The first-order chi connectivity index (χ1) is 12.3. The monoisotopic (exact) mass is 450 g/mol. The van der Waals surface area contributed by atoms with Gasteiger partial charge in [0, 0.05) is 19.2 Å². The van der Waals surface area contributed by atoms with E-state index in [0.29, 0.717) is 16.5 Å². The lowest BCUT2D eigenvalue weighted by Gasteiger charge is -2.43. The van der Waals surface area contributed by atoms with Crippen molar-refractivity contribution in [2.45, 2.75) is 49.0 Å². The number of carbonyl (C=O) groups excluding carboxylic acids is 2. The van der Waals surface area contributed by atoms with Crippen LogP contribution in [-0.2, 0) is 29.1 Å². The molecule has 1 aromatic rings. The minimum Gasteiger partial charge on any atom is -0.456 e. The summed E-state index contributed by atoms with van der Waals surface area (Å²) in [6.07, 6.45) is -2.49. The molecule has 1 aliphatic heterocycles. The molecule has 1 aromatic carbocycles. The summed E-state index contributed by atoms with van der Waals surface area (Å²) in [6.45, 7) is 2.43. The zero-order valence-corrected chi connectivity index (χ0v) is 16.9. The van der Waals surface area contributed by atoms with Gasteiger partial charge in [0.15, 0.2) is 12.2 Å². The maximum atomic E-state index is 13.8. The lowest BCUT2D eigenvalue weighted by Crippen LogP contribution is -2.55. The van der Waals surface area contributed by atoms with E-state index >= 15 is 0 Å². The third-order valence-corrected chi connectivity index (χ3v) is 5.35. The average Bonchev–Trinajstić information content (AvgIpc) is 2.58. The lowest BCUT2D eigenvalue weighted by molar-refractivity contribution is -0.224. The molecule has 2 rings (SSSR count). The molecule has 1 saturated heterocycles. The zero-order chi connectivity index (χ0) is 19.4. The highest BCUT2D eigenvalue weighted by Crippen LogP contribution is 2.39. The van der Waals surface area contributed by atoms with Crippen LogP contribution in [0.3, 0.4) is 0 Å². The number of aliphatic hydroxyl groups excluding tert-OH is 1. The molecular weight excluding hydrogens is 431 g/mol. The number of ether oxygens (including phenoxy) is 3. The zero-order valence-electron chi connectivity index (χ0n) is 14.5. The van der Waals surface area contributed by atoms with Crippen LogP contribution in [0.2, 0.25) is 0 Å². The van der Waals surface area contributed by atoms with Crippen molar-refractivity contribution in [2.75, 3.05) is 6.26 Å². The van der Waals surface area contributed by atoms with Crippen LogP contribution in [0.1, 0.15) is 31.1 Å². The SMILES string of the molecule is CS[C@H]1O[C@@H](c2ccc(F)c(CBr)c2)[C@H](OC(C)=O)[C@@H](O)[C@@H]1OC(C)=O. The Morgan fingerprint density at radius 2 is 1.88 bits per heavy atom. The Morgan fingerprint density at radius 1 is 1.27 bits per heavy atom. The molecule has 5 atom stereocenters. The first kappa shape index (κ1) is 21.1. The molecular formula is C17H20BrFO6S. The third-order valence-electron chi connectivity index (χ3n) is 3.90. The Labute approximate surface area is 163 Å². The fourth-order valence-corrected chi connectivity index (χ4v) is 3.94. The van der Waals surface area contributed by atoms with E-state index in [1.807, 2.05) is 0 Å². The van der Waals surface area contributed by atoms with Gasteiger partial charge in [0.1, 0.15) is 23.5 Å². The van der Waals surface area contributed by atoms with Gasteiger partial charge in [-0.1, -0.05) is 22.0 Å². The van der Waals surface area contributed by atoms with Crippen LogP contribution in [0, 0.1) is 5.82 Å². The van der Waals surface area contributed by atoms with Crippen LogP contribution < -0.4 is 0 Å². The van der Waals surface area contributed by atoms with Crippen molar-refractivity contribution in [1.82, 2.24) is 0 Å². The number of thioether (sulfide) groups is 1. The standard InChI is InChI=1S/C17H20BrFO6S/c1-8(20)23-15-13(22)16(24-9(2)21)17(26-3)25-14(15)10-4-5-12(19)11(6-10)7-18/h4-6,13-17,22H,7H2,1-3H3/t13-,14+,15-,16+,17-/m1/s1. The third kappa shape index (κ3) is 4.76. The smallest absolute Gasteiger partial charge is 0.303 e. The Morgan fingerprint density at radius 3 is 2.42 bits per heavy atom. The Kier molecular flexibility index (Phi) is 7.45. The van der Waals surface area contributed by atoms with E-state index in [4.69, 9.17) is 14.2 Å². The molecule has 1 heterocycles. The van der Waals surface area contributed by atoms with Crippen LogP contribution in [0.15, 0.2) is 18.2 Å². The highest BCUT2D eigenvalue weighted by molar-refractivity contribution is 9.08. The maximum Gasteiger partial charge on any atom is 0.303 e. The van der Waals surface area contributed by atoms with Gasteiger partial charge in [-0.2, -0.15) is 0 Å². The van der Waals surface area contributed by atoms with Gasteiger partial charge in [0.2, 0.25) is 0 Å². The van der Waals surface area contributed by atoms with Gasteiger partial charge in [-0.25, -0.2) is 4.39 Å². The van der Waals surface area contributed by atoms with Crippen LogP contribution in [0.25, 0.3) is 0 Å². The second-order valence-electron chi connectivity index (χ2n) is 5.78. The summed E-state index contributed by atoms with van der Waals surface area (Å²) in [5.41, 5.74) is 0.277. The van der Waals surface area contributed by atoms with E-state index in [-0.39, 0.29) is 5.82 Å². The maximum absolute atomic E-state index is 13.8. The molecule has 0 spiro atoms.